The Hall–Kier alpha value is -2.07. The molecule has 0 spiro atoms. The van der Waals surface area contributed by atoms with Gasteiger partial charge in [0.2, 0.25) is 0 Å². The molecule has 0 amide bonds. The van der Waals surface area contributed by atoms with E-state index in [2.05, 4.69) is 0 Å². The standard InChI is InChI=1S/C15H13ClFNO2/c16-15-11(5-4-8-13(15)17)9-18(10-14(19)20)12-6-2-1-3-7-12/h1-8H,9-10H2,(H,19,20). The second-order valence-corrected chi connectivity index (χ2v) is 4.68. The number of anilines is 1. The van der Waals surface area contributed by atoms with Gasteiger partial charge < -0.3 is 10.0 Å². The summed E-state index contributed by atoms with van der Waals surface area (Å²) in [7, 11) is 0. The van der Waals surface area contributed by atoms with Crippen molar-refractivity contribution in [2.75, 3.05) is 11.4 Å². The maximum atomic E-state index is 13.4. The number of hydrogen-bond acceptors (Lipinski definition) is 2. The Morgan fingerprint density at radius 2 is 1.85 bits per heavy atom. The number of benzene rings is 2. The molecule has 0 bridgehead atoms. The number of carbonyl (C=O) groups is 1. The van der Waals surface area contributed by atoms with E-state index in [1.165, 1.54) is 6.07 Å². The molecule has 0 atom stereocenters. The summed E-state index contributed by atoms with van der Waals surface area (Å²) in [5, 5.41) is 9.03. The molecule has 0 aliphatic rings. The maximum absolute atomic E-state index is 13.4. The zero-order chi connectivity index (χ0) is 14.5. The van der Waals surface area contributed by atoms with Gasteiger partial charge in [0.1, 0.15) is 12.4 Å². The summed E-state index contributed by atoms with van der Waals surface area (Å²) < 4.78 is 13.4. The number of nitrogens with zero attached hydrogens (tertiary/aromatic N) is 1. The molecule has 5 heteroatoms. The summed E-state index contributed by atoms with van der Waals surface area (Å²) in [6.07, 6.45) is 0. The van der Waals surface area contributed by atoms with Crippen molar-refractivity contribution in [3.8, 4) is 0 Å². The van der Waals surface area contributed by atoms with Crippen molar-refractivity contribution in [2.24, 2.45) is 0 Å². The first-order valence-corrected chi connectivity index (χ1v) is 6.40. The molecule has 0 saturated heterocycles. The molecule has 1 N–H and O–H groups in total. The third-order valence-corrected chi connectivity index (χ3v) is 3.26. The molecule has 0 aliphatic carbocycles. The highest BCUT2D eigenvalue weighted by Gasteiger charge is 2.14. The Morgan fingerprint density at radius 3 is 2.50 bits per heavy atom. The number of carboxylic acid groups (broad SMARTS) is 1. The van der Waals surface area contributed by atoms with Gasteiger partial charge in [-0.25, -0.2) is 4.39 Å². The van der Waals surface area contributed by atoms with Gasteiger partial charge in [-0.15, -0.1) is 0 Å². The molecular weight excluding hydrogens is 281 g/mol. The zero-order valence-electron chi connectivity index (χ0n) is 10.6. The smallest absolute Gasteiger partial charge is 0.323 e. The van der Waals surface area contributed by atoms with E-state index < -0.39 is 11.8 Å². The molecule has 0 heterocycles. The normalized spacial score (nSPS) is 10.3. The van der Waals surface area contributed by atoms with E-state index in [9.17, 15) is 9.18 Å². The van der Waals surface area contributed by atoms with Gasteiger partial charge in [0.15, 0.2) is 0 Å². The van der Waals surface area contributed by atoms with E-state index >= 15 is 0 Å². The summed E-state index contributed by atoms with van der Waals surface area (Å²) in [6.45, 7) is 0.0454. The molecule has 0 radical (unpaired) electrons. The van der Waals surface area contributed by atoms with Gasteiger partial charge in [0, 0.05) is 12.2 Å². The van der Waals surface area contributed by atoms with Crippen molar-refractivity contribution in [2.45, 2.75) is 6.54 Å². The fourth-order valence-electron chi connectivity index (χ4n) is 1.92. The highest BCUT2D eigenvalue weighted by Crippen LogP contribution is 2.23. The van der Waals surface area contributed by atoms with Gasteiger partial charge in [0.25, 0.3) is 0 Å². The second kappa shape index (κ2) is 6.39. The van der Waals surface area contributed by atoms with E-state index in [0.29, 0.717) is 5.56 Å². The minimum atomic E-state index is -0.957. The van der Waals surface area contributed by atoms with Crippen molar-refractivity contribution in [3.63, 3.8) is 0 Å². The molecule has 0 unspecified atom stereocenters. The number of hydrogen-bond donors (Lipinski definition) is 1. The van der Waals surface area contributed by atoms with Gasteiger partial charge in [-0.2, -0.15) is 0 Å². The zero-order valence-corrected chi connectivity index (χ0v) is 11.3. The second-order valence-electron chi connectivity index (χ2n) is 4.30. The predicted octanol–water partition coefficient (Wildman–Crippen LogP) is 3.57. The van der Waals surface area contributed by atoms with Crippen LogP contribution in [0.2, 0.25) is 5.02 Å². The minimum Gasteiger partial charge on any atom is -0.480 e. The number of halogens is 2. The lowest BCUT2D eigenvalue weighted by Gasteiger charge is -2.23. The van der Waals surface area contributed by atoms with Crippen LogP contribution in [-0.2, 0) is 11.3 Å². The van der Waals surface area contributed by atoms with Crippen LogP contribution in [0.4, 0.5) is 10.1 Å². The molecule has 0 saturated carbocycles. The Labute approximate surface area is 121 Å². The maximum Gasteiger partial charge on any atom is 0.323 e. The van der Waals surface area contributed by atoms with Crippen molar-refractivity contribution in [1.29, 1.82) is 0 Å². The fraction of sp³-hybridized carbons (Fsp3) is 0.133. The van der Waals surface area contributed by atoms with E-state index in [4.69, 9.17) is 16.7 Å². The van der Waals surface area contributed by atoms with Crippen molar-refractivity contribution in [1.82, 2.24) is 0 Å². The lowest BCUT2D eigenvalue weighted by Crippen LogP contribution is -2.29. The van der Waals surface area contributed by atoms with Crippen molar-refractivity contribution in [3.05, 3.63) is 64.9 Å². The van der Waals surface area contributed by atoms with E-state index in [-0.39, 0.29) is 18.1 Å². The molecule has 0 aliphatic heterocycles. The SMILES string of the molecule is O=C(O)CN(Cc1cccc(F)c1Cl)c1ccccc1. The van der Waals surface area contributed by atoms with Crippen LogP contribution < -0.4 is 4.90 Å². The quantitative estimate of drug-likeness (QED) is 0.916. The van der Waals surface area contributed by atoms with Gasteiger partial charge in [-0.05, 0) is 23.8 Å². The average Bonchev–Trinajstić information content (AvgIpc) is 2.43. The highest BCUT2D eigenvalue weighted by molar-refractivity contribution is 6.31. The third-order valence-electron chi connectivity index (χ3n) is 2.84. The van der Waals surface area contributed by atoms with Crippen molar-refractivity contribution < 1.29 is 14.3 Å². The molecule has 2 aromatic carbocycles. The first kappa shape index (κ1) is 14.3. The Balaban J connectivity index is 2.29. The molecule has 0 fully saturated rings. The van der Waals surface area contributed by atoms with Gasteiger partial charge in [0.05, 0.1) is 5.02 Å². The lowest BCUT2D eigenvalue weighted by atomic mass is 10.2. The van der Waals surface area contributed by atoms with E-state index in [1.807, 2.05) is 18.2 Å². The number of carboxylic acids is 1. The Morgan fingerprint density at radius 1 is 1.15 bits per heavy atom. The summed E-state index contributed by atoms with van der Waals surface area (Å²) in [4.78, 5) is 12.6. The van der Waals surface area contributed by atoms with Gasteiger partial charge in [-0.3, -0.25) is 4.79 Å². The minimum absolute atomic E-state index is 0.0267. The largest absolute Gasteiger partial charge is 0.480 e. The molecule has 0 aromatic heterocycles. The highest BCUT2D eigenvalue weighted by atomic mass is 35.5. The summed E-state index contributed by atoms with van der Waals surface area (Å²) in [5.74, 6) is -1.46. The van der Waals surface area contributed by atoms with Crippen LogP contribution in [0.25, 0.3) is 0 Å². The van der Waals surface area contributed by atoms with Crippen molar-refractivity contribution >= 4 is 23.3 Å². The molecule has 20 heavy (non-hydrogen) atoms. The number of aliphatic carboxylic acids is 1. The van der Waals surface area contributed by atoms with Gasteiger partial charge in [-0.1, -0.05) is 41.9 Å². The molecule has 2 rings (SSSR count). The van der Waals surface area contributed by atoms with Crippen LogP contribution >= 0.6 is 11.6 Å². The Bertz CT molecular complexity index is 604. The topological polar surface area (TPSA) is 40.5 Å². The average molecular weight is 294 g/mol. The van der Waals surface area contributed by atoms with Crippen LogP contribution in [0.15, 0.2) is 48.5 Å². The first-order valence-electron chi connectivity index (χ1n) is 6.02. The monoisotopic (exact) mass is 293 g/mol. The Kier molecular flexibility index (Phi) is 4.58. The van der Waals surface area contributed by atoms with Crippen LogP contribution in [0.1, 0.15) is 5.56 Å². The van der Waals surface area contributed by atoms with Crippen LogP contribution in [-0.4, -0.2) is 17.6 Å². The molecule has 2 aromatic rings. The third kappa shape index (κ3) is 3.48. The first-order chi connectivity index (χ1) is 9.58. The van der Waals surface area contributed by atoms with E-state index in [1.54, 1.807) is 29.2 Å². The van der Waals surface area contributed by atoms with Crippen LogP contribution in [0.5, 0.6) is 0 Å². The van der Waals surface area contributed by atoms with Crippen LogP contribution in [0.3, 0.4) is 0 Å². The molecular formula is C15H13ClFNO2. The van der Waals surface area contributed by atoms with Gasteiger partial charge >= 0.3 is 5.97 Å². The molecule has 3 nitrogen and oxygen atoms in total. The van der Waals surface area contributed by atoms with E-state index in [0.717, 1.165) is 5.69 Å². The number of para-hydroxylation sites is 1. The number of rotatable bonds is 5. The fourth-order valence-corrected chi connectivity index (χ4v) is 2.10. The molecule has 104 valence electrons. The van der Waals surface area contributed by atoms with Crippen LogP contribution in [0, 0.1) is 5.82 Å². The summed E-state index contributed by atoms with van der Waals surface area (Å²) >= 11 is 5.91. The lowest BCUT2D eigenvalue weighted by molar-refractivity contribution is -0.135. The summed E-state index contributed by atoms with van der Waals surface area (Å²) in [5.41, 5.74) is 1.30. The predicted molar refractivity (Wildman–Crippen MR) is 76.5 cm³/mol. The summed E-state index contributed by atoms with van der Waals surface area (Å²) in [6, 6.07) is 13.6.